The van der Waals surface area contributed by atoms with E-state index in [2.05, 4.69) is 10.1 Å². The van der Waals surface area contributed by atoms with Crippen molar-refractivity contribution < 1.29 is 17.6 Å². The first-order valence-corrected chi connectivity index (χ1v) is 9.38. The summed E-state index contributed by atoms with van der Waals surface area (Å²) in [6.07, 6.45) is 6.06. The molecule has 0 spiro atoms. The zero-order valence-electron chi connectivity index (χ0n) is 12.8. The Morgan fingerprint density at radius 2 is 2.26 bits per heavy atom. The van der Waals surface area contributed by atoms with Crippen molar-refractivity contribution in [3.63, 3.8) is 0 Å². The molecule has 1 fully saturated rings. The molecule has 0 unspecified atom stereocenters. The van der Waals surface area contributed by atoms with Crippen LogP contribution in [0.2, 0.25) is 0 Å². The summed E-state index contributed by atoms with van der Waals surface area (Å²) >= 11 is 0. The normalized spacial score (nSPS) is 19.0. The van der Waals surface area contributed by atoms with Crippen LogP contribution in [0, 0.1) is 0 Å². The molecule has 124 valence electrons. The van der Waals surface area contributed by atoms with Crippen molar-refractivity contribution in [3.8, 4) is 0 Å². The zero-order chi connectivity index (χ0) is 16.4. The van der Waals surface area contributed by atoms with Gasteiger partial charge in [0.1, 0.15) is 24.2 Å². The molecule has 2 aromatic rings. The molecule has 0 saturated carbocycles. The van der Waals surface area contributed by atoms with Crippen LogP contribution in [0.4, 0.5) is 0 Å². The van der Waals surface area contributed by atoms with Gasteiger partial charge in [0.05, 0.1) is 6.04 Å². The minimum Gasteiger partial charge on any atom is -0.455 e. The second-order valence-corrected chi connectivity index (χ2v) is 7.90. The predicted octanol–water partition coefficient (Wildman–Crippen LogP) is 0.893. The average molecular weight is 338 g/mol. The molecular weight excluding hydrogens is 320 g/mol. The maximum absolute atomic E-state index is 12.5. The van der Waals surface area contributed by atoms with Gasteiger partial charge in [0.15, 0.2) is 15.6 Å². The first kappa shape index (κ1) is 15.7. The van der Waals surface area contributed by atoms with E-state index in [-0.39, 0.29) is 29.2 Å². The first-order chi connectivity index (χ1) is 10.9. The van der Waals surface area contributed by atoms with Crippen LogP contribution in [-0.2, 0) is 15.6 Å². The van der Waals surface area contributed by atoms with Crippen molar-refractivity contribution in [2.45, 2.75) is 24.6 Å². The number of nitrogens with zero attached hydrogens (tertiary/aromatic N) is 4. The molecule has 1 aliphatic rings. The topological polar surface area (TPSA) is 98.3 Å². The number of carbonyl (C=O) groups excluding carboxylic acids is 1. The predicted molar refractivity (Wildman–Crippen MR) is 81.5 cm³/mol. The molecule has 1 saturated heterocycles. The van der Waals surface area contributed by atoms with Gasteiger partial charge in [0.25, 0.3) is 5.91 Å². The van der Waals surface area contributed by atoms with E-state index < -0.39 is 9.84 Å². The smallest absolute Gasteiger partial charge is 0.289 e. The Hall–Kier alpha value is -2.16. The molecule has 3 heterocycles. The monoisotopic (exact) mass is 338 g/mol. The maximum Gasteiger partial charge on any atom is 0.289 e. The highest BCUT2D eigenvalue weighted by Gasteiger charge is 2.27. The fourth-order valence-corrected chi connectivity index (χ4v) is 3.42. The van der Waals surface area contributed by atoms with Gasteiger partial charge in [-0.1, -0.05) is 0 Å². The van der Waals surface area contributed by atoms with E-state index in [1.54, 1.807) is 15.9 Å². The minimum absolute atomic E-state index is 0.0978. The summed E-state index contributed by atoms with van der Waals surface area (Å²) in [6, 6.07) is 3.16. The number of likely N-dealkylation sites (tertiary alicyclic amines) is 1. The van der Waals surface area contributed by atoms with E-state index in [0.29, 0.717) is 13.1 Å². The Balaban J connectivity index is 1.70. The van der Waals surface area contributed by atoms with Gasteiger partial charge in [-0.3, -0.25) is 4.79 Å². The van der Waals surface area contributed by atoms with Crippen LogP contribution in [0.15, 0.2) is 29.2 Å². The molecule has 0 aromatic carbocycles. The Labute approximate surface area is 134 Å². The molecule has 0 aliphatic carbocycles. The van der Waals surface area contributed by atoms with E-state index in [1.165, 1.54) is 18.5 Å². The average Bonchev–Trinajstić information content (AvgIpc) is 3.16. The van der Waals surface area contributed by atoms with E-state index in [9.17, 15) is 13.2 Å². The van der Waals surface area contributed by atoms with Crippen LogP contribution >= 0.6 is 0 Å². The van der Waals surface area contributed by atoms with E-state index in [0.717, 1.165) is 19.1 Å². The highest BCUT2D eigenvalue weighted by molar-refractivity contribution is 7.89. The lowest BCUT2D eigenvalue weighted by Crippen LogP contribution is -2.40. The fourth-order valence-electron chi connectivity index (χ4n) is 2.75. The molecule has 1 amide bonds. The summed E-state index contributed by atoms with van der Waals surface area (Å²) < 4.78 is 29.7. The van der Waals surface area contributed by atoms with Crippen molar-refractivity contribution in [2.75, 3.05) is 19.3 Å². The summed E-state index contributed by atoms with van der Waals surface area (Å²) in [6.45, 7) is 1.18. The van der Waals surface area contributed by atoms with Crippen molar-refractivity contribution in [1.82, 2.24) is 19.7 Å². The van der Waals surface area contributed by atoms with Gasteiger partial charge in [-0.15, -0.1) is 0 Å². The van der Waals surface area contributed by atoms with Crippen LogP contribution in [-0.4, -0.2) is 53.3 Å². The van der Waals surface area contributed by atoms with Crippen molar-refractivity contribution >= 4 is 15.7 Å². The molecule has 3 rings (SSSR count). The lowest BCUT2D eigenvalue weighted by atomic mass is 10.1. The van der Waals surface area contributed by atoms with E-state index in [1.807, 2.05) is 0 Å². The Morgan fingerprint density at radius 3 is 2.96 bits per heavy atom. The van der Waals surface area contributed by atoms with Gasteiger partial charge < -0.3 is 9.32 Å². The molecule has 23 heavy (non-hydrogen) atoms. The Morgan fingerprint density at radius 1 is 1.43 bits per heavy atom. The summed E-state index contributed by atoms with van der Waals surface area (Å²) in [5, 5.41) is 4.13. The number of furan rings is 1. The number of hydrogen-bond acceptors (Lipinski definition) is 6. The van der Waals surface area contributed by atoms with Crippen LogP contribution < -0.4 is 0 Å². The van der Waals surface area contributed by atoms with Gasteiger partial charge in [-0.05, 0) is 25.0 Å². The second kappa shape index (κ2) is 6.15. The number of amides is 1. The van der Waals surface area contributed by atoms with E-state index in [4.69, 9.17) is 4.42 Å². The van der Waals surface area contributed by atoms with Crippen molar-refractivity contribution in [1.29, 1.82) is 0 Å². The standard InChI is InChI=1S/C14H18N4O4S/c1-23(20,21)8-12-4-5-13(22-12)14(19)17-6-2-3-11(7-17)18-10-15-9-16-18/h4-5,9-11H,2-3,6-8H2,1H3/t11-/m1/s1. The molecule has 0 radical (unpaired) electrons. The Kier molecular flexibility index (Phi) is 4.20. The third-order valence-electron chi connectivity index (χ3n) is 3.77. The first-order valence-electron chi connectivity index (χ1n) is 7.32. The number of carbonyl (C=O) groups is 1. The molecular formula is C14H18N4O4S. The third kappa shape index (κ3) is 3.79. The van der Waals surface area contributed by atoms with Gasteiger partial charge >= 0.3 is 0 Å². The highest BCUT2D eigenvalue weighted by atomic mass is 32.2. The number of piperidine rings is 1. The zero-order valence-corrected chi connectivity index (χ0v) is 13.6. The molecule has 2 aromatic heterocycles. The number of aromatic nitrogens is 3. The van der Waals surface area contributed by atoms with Crippen LogP contribution in [0.1, 0.15) is 35.2 Å². The molecule has 9 heteroatoms. The summed E-state index contributed by atoms with van der Waals surface area (Å²) in [7, 11) is -3.19. The summed E-state index contributed by atoms with van der Waals surface area (Å²) in [5.41, 5.74) is 0. The highest BCUT2D eigenvalue weighted by Crippen LogP contribution is 2.22. The Bertz CT molecular complexity index is 782. The van der Waals surface area contributed by atoms with Gasteiger partial charge in [0.2, 0.25) is 0 Å². The summed E-state index contributed by atoms with van der Waals surface area (Å²) in [4.78, 5) is 18.2. The lowest BCUT2D eigenvalue weighted by Gasteiger charge is -2.32. The van der Waals surface area contributed by atoms with Crippen LogP contribution in [0.5, 0.6) is 0 Å². The van der Waals surface area contributed by atoms with E-state index >= 15 is 0 Å². The molecule has 1 atom stereocenters. The molecule has 0 N–H and O–H groups in total. The quantitative estimate of drug-likeness (QED) is 0.821. The summed E-state index contributed by atoms with van der Waals surface area (Å²) in [5.74, 6) is 0.0140. The second-order valence-electron chi connectivity index (χ2n) is 5.76. The fraction of sp³-hybridized carbons (Fsp3) is 0.500. The van der Waals surface area contributed by atoms with Crippen LogP contribution in [0.3, 0.4) is 0 Å². The molecule has 0 bridgehead atoms. The van der Waals surface area contributed by atoms with Gasteiger partial charge in [-0.2, -0.15) is 5.10 Å². The van der Waals surface area contributed by atoms with Gasteiger partial charge in [0, 0.05) is 19.3 Å². The molecule has 1 aliphatic heterocycles. The van der Waals surface area contributed by atoms with Crippen molar-refractivity contribution in [3.05, 3.63) is 36.3 Å². The van der Waals surface area contributed by atoms with Crippen molar-refractivity contribution in [2.24, 2.45) is 0 Å². The third-order valence-corrected chi connectivity index (χ3v) is 4.58. The van der Waals surface area contributed by atoms with Crippen LogP contribution in [0.25, 0.3) is 0 Å². The SMILES string of the molecule is CS(=O)(=O)Cc1ccc(C(=O)N2CCC[C@@H](n3cncn3)C2)o1. The largest absolute Gasteiger partial charge is 0.455 e. The number of hydrogen-bond donors (Lipinski definition) is 0. The number of rotatable bonds is 4. The molecule has 8 nitrogen and oxygen atoms in total. The number of sulfone groups is 1. The van der Waals surface area contributed by atoms with Gasteiger partial charge in [-0.25, -0.2) is 18.1 Å². The maximum atomic E-state index is 12.5. The minimum atomic E-state index is -3.19. The lowest BCUT2D eigenvalue weighted by molar-refractivity contribution is 0.0639.